The zero-order chi connectivity index (χ0) is 20.7. The molecule has 1 aliphatic rings. The Morgan fingerprint density at radius 2 is 1.55 bits per heavy atom. The van der Waals surface area contributed by atoms with Crippen LogP contribution < -0.4 is 4.90 Å². The van der Waals surface area contributed by atoms with Crippen LogP contribution in [0.1, 0.15) is 76.9 Å². The smallest absolute Gasteiger partial charge is 0.266 e. The number of anilines is 1. The lowest BCUT2D eigenvalue weighted by Gasteiger charge is -2.25. The van der Waals surface area contributed by atoms with Gasteiger partial charge in [0.1, 0.15) is 0 Å². The second kappa shape index (κ2) is 7.32. The van der Waals surface area contributed by atoms with Crippen molar-refractivity contribution in [2.24, 2.45) is 0 Å². The van der Waals surface area contributed by atoms with Crippen molar-refractivity contribution >= 4 is 17.5 Å². The Labute approximate surface area is 171 Å². The SMILES string of the molecule is CC(C)c1cccc(C(C)C)c1N1C(=O)c2ccc(Cn3ccnc3)cc2C1=O. The molecule has 2 amide bonds. The number of carbonyl (C=O) groups excluding carboxylic acids is 2. The highest BCUT2D eigenvalue weighted by molar-refractivity contribution is 6.35. The molecule has 0 unspecified atom stereocenters. The number of carbonyl (C=O) groups is 2. The standard InChI is InChI=1S/C24H25N3O2/c1-15(2)18-6-5-7-19(16(3)4)22(18)27-23(28)20-9-8-17(12-21(20)24(27)29)13-26-11-10-25-14-26/h5-12,14-16H,13H2,1-4H3. The van der Waals surface area contributed by atoms with E-state index in [1.54, 1.807) is 18.6 Å². The monoisotopic (exact) mass is 387 g/mol. The molecular weight excluding hydrogens is 362 g/mol. The van der Waals surface area contributed by atoms with Crippen molar-refractivity contribution in [3.05, 3.63) is 82.9 Å². The minimum absolute atomic E-state index is 0.199. The van der Waals surface area contributed by atoms with Crippen molar-refractivity contribution < 1.29 is 9.59 Å². The fraction of sp³-hybridized carbons (Fsp3) is 0.292. The van der Waals surface area contributed by atoms with E-state index in [0.717, 1.165) is 22.4 Å². The van der Waals surface area contributed by atoms with Crippen molar-refractivity contribution in [1.82, 2.24) is 9.55 Å². The molecule has 0 spiro atoms. The minimum Gasteiger partial charge on any atom is -0.333 e. The molecule has 0 N–H and O–H groups in total. The zero-order valence-electron chi connectivity index (χ0n) is 17.2. The summed E-state index contributed by atoms with van der Waals surface area (Å²) in [6.45, 7) is 8.96. The van der Waals surface area contributed by atoms with Gasteiger partial charge in [-0.15, -0.1) is 0 Å². The van der Waals surface area contributed by atoms with Gasteiger partial charge < -0.3 is 4.57 Å². The van der Waals surface area contributed by atoms with Gasteiger partial charge in [0, 0.05) is 18.9 Å². The quantitative estimate of drug-likeness (QED) is 0.580. The lowest BCUT2D eigenvalue weighted by molar-refractivity contribution is 0.0925. The van der Waals surface area contributed by atoms with Gasteiger partial charge in [0.05, 0.1) is 23.1 Å². The maximum absolute atomic E-state index is 13.4. The van der Waals surface area contributed by atoms with Crippen LogP contribution in [0.5, 0.6) is 0 Å². The molecule has 0 radical (unpaired) electrons. The van der Waals surface area contributed by atoms with E-state index in [2.05, 4.69) is 32.7 Å². The number of imidazole rings is 1. The number of hydrogen-bond donors (Lipinski definition) is 0. The summed E-state index contributed by atoms with van der Waals surface area (Å²) in [6.07, 6.45) is 5.33. The highest BCUT2D eigenvalue weighted by Gasteiger charge is 2.39. The molecule has 3 aromatic rings. The Balaban J connectivity index is 1.79. The van der Waals surface area contributed by atoms with E-state index in [0.29, 0.717) is 17.7 Å². The van der Waals surface area contributed by atoms with Gasteiger partial charge in [-0.05, 0) is 40.7 Å². The molecule has 2 heterocycles. The number of para-hydroxylation sites is 1. The molecule has 0 saturated heterocycles. The Bertz CT molecular complexity index is 1060. The maximum atomic E-state index is 13.4. The van der Waals surface area contributed by atoms with Gasteiger partial charge in [0.25, 0.3) is 11.8 Å². The van der Waals surface area contributed by atoms with E-state index < -0.39 is 0 Å². The summed E-state index contributed by atoms with van der Waals surface area (Å²) < 4.78 is 1.94. The van der Waals surface area contributed by atoms with E-state index >= 15 is 0 Å². The van der Waals surface area contributed by atoms with Crippen molar-refractivity contribution in [3.8, 4) is 0 Å². The van der Waals surface area contributed by atoms with Gasteiger partial charge in [-0.3, -0.25) is 9.59 Å². The predicted molar refractivity (Wildman–Crippen MR) is 114 cm³/mol. The Morgan fingerprint density at radius 3 is 2.14 bits per heavy atom. The van der Waals surface area contributed by atoms with Crippen molar-refractivity contribution in [3.63, 3.8) is 0 Å². The molecule has 0 fully saturated rings. The molecular formula is C24H25N3O2. The van der Waals surface area contributed by atoms with Gasteiger partial charge in [0.2, 0.25) is 0 Å². The summed E-state index contributed by atoms with van der Waals surface area (Å²) in [4.78, 5) is 32.1. The van der Waals surface area contributed by atoms with Crippen LogP contribution in [0.4, 0.5) is 5.69 Å². The molecule has 5 heteroatoms. The summed E-state index contributed by atoms with van der Waals surface area (Å²) in [7, 11) is 0. The lowest BCUT2D eigenvalue weighted by Crippen LogP contribution is -2.31. The van der Waals surface area contributed by atoms with Crippen LogP contribution in [0, 0.1) is 0 Å². The average Bonchev–Trinajstić information content (AvgIpc) is 3.28. The highest BCUT2D eigenvalue weighted by atomic mass is 16.2. The van der Waals surface area contributed by atoms with Crippen LogP contribution in [0.3, 0.4) is 0 Å². The first-order chi connectivity index (χ1) is 13.9. The summed E-state index contributed by atoms with van der Waals surface area (Å²) in [5.41, 5.74) is 4.69. The molecule has 1 aromatic heterocycles. The largest absolute Gasteiger partial charge is 0.333 e. The Morgan fingerprint density at radius 1 is 0.897 bits per heavy atom. The third-order valence-corrected chi connectivity index (χ3v) is 5.44. The summed E-state index contributed by atoms with van der Waals surface area (Å²) in [5, 5.41) is 0. The number of fused-ring (bicyclic) bond motifs is 1. The van der Waals surface area contributed by atoms with Crippen LogP contribution >= 0.6 is 0 Å². The second-order valence-corrected chi connectivity index (χ2v) is 8.16. The maximum Gasteiger partial charge on any atom is 0.266 e. The molecule has 1 aliphatic heterocycles. The fourth-order valence-corrected chi connectivity index (χ4v) is 3.95. The zero-order valence-corrected chi connectivity index (χ0v) is 17.2. The Hall–Kier alpha value is -3.21. The third kappa shape index (κ3) is 3.27. The molecule has 29 heavy (non-hydrogen) atoms. The van der Waals surface area contributed by atoms with E-state index in [1.807, 2.05) is 41.1 Å². The molecule has 0 atom stereocenters. The summed E-state index contributed by atoms with van der Waals surface area (Å²) in [5.74, 6) is -0.0868. The number of imide groups is 1. The second-order valence-electron chi connectivity index (χ2n) is 8.16. The molecule has 0 bridgehead atoms. The minimum atomic E-state index is -0.243. The molecule has 4 rings (SSSR count). The number of amides is 2. The van der Waals surface area contributed by atoms with Gasteiger partial charge in [-0.2, -0.15) is 0 Å². The third-order valence-electron chi connectivity index (χ3n) is 5.44. The topological polar surface area (TPSA) is 55.2 Å². The number of aromatic nitrogens is 2. The van der Waals surface area contributed by atoms with E-state index in [1.165, 1.54) is 4.90 Å². The average molecular weight is 387 g/mol. The normalized spacial score (nSPS) is 13.7. The van der Waals surface area contributed by atoms with E-state index in [4.69, 9.17) is 0 Å². The van der Waals surface area contributed by atoms with Crippen LogP contribution in [0.15, 0.2) is 55.1 Å². The highest BCUT2D eigenvalue weighted by Crippen LogP contribution is 2.39. The predicted octanol–water partition coefficient (Wildman–Crippen LogP) is 4.98. The van der Waals surface area contributed by atoms with Crippen molar-refractivity contribution in [1.29, 1.82) is 0 Å². The van der Waals surface area contributed by atoms with E-state index in [9.17, 15) is 9.59 Å². The fourth-order valence-electron chi connectivity index (χ4n) is 3.95. The number of rotatable bonds is 5. The molecule has 0 aliphatic carbocycles. The van der Waals surface area contributed by atoms with Crippen LogP contribution in [0.2, 0.25) is 0 Å². The first-order valence-electron chi connectivity index (χ1n) is 9.98. The van der Waals surface area contributed by atoms with Gasteiger partial charge in [-0.1, -0.05) is 52.0 Å². The van der Waals surface area contributed by atoms with Gasteiger partial charge >= 0.3 is 0 Å². The number of nitrogens with zero attached hydrogens (tertiary/aromatic N) is 3. The van der Waals surface area contributed by atoms with Crippen LogP contribution in [-0.2, 0) is 6.54 Å². The Kier molecular flexibility index (Phi) is 4.82. The summed E-state index contributed by atoms with van der Waals surface area (Å²) in [6, 6.07) is 11.6. The molecule has 2 aromatic carbocycles. The number of hydrogen-bond acceptors (Lipinski definition) is 3. The lowest BCUT2D eigenvalue weighted by atomic mass is 9.92. The first kappa shape index (κ1) is 19.1. The molecule has 5 nitrogen and oxygen atoms in total. The summed E-state index contributed by atoms with van der Waals surface area (Å²) >= 11 is 0. The molecule has 0 saturated carbocycles. The van der Waals surface area contributed by atoms with Crippen LogP contribution in [-0.4, -0.2) is 21.4 Å². The molecule has 148 valence electrons. The van der Waals surface area contributed by atoms with Gasteiger partial charge in [0.15, 0.2) is 0 Å². The number of benzene rings is 2. The van der Waals surface area contributed by atoms with Gasteiger partial charge in [-0.25, -0.2) is 9.88 Å². The van der Waals surface area contributed by atoms with Crippen molar-refractivity contribution in [2.75, 3.05) is 4.90 Å². The first-order valence-corrected chi connectivity index (χ1v) is 9.98. The van der Waals surface area contributed by atoms with Crippen LogP contribution in [0.25, 0.3) is 0 Å². The van der Waals surface area contributed by atoms with Crippen molar-refractivity contribution in [2.45, 2.75) is 46.1 Å². The van der Waals surface area contributed by atoms with E-state index in [-0.39, 0.29) is 23.7 Å².